The van der Waals surface area contributed by atoms with Crippen molar-refractivity contribution < 1.29 is 19.1 Å². The van der Waals surface area contributed by atoms with E-state index in [4.69, 9.17) is 32.7 Å². The van der Waals surface area contributed by atoms with E-state index in [0.29, 0.717) is 38.5 Å². The van der Waals surface area contributed by atoms with Gasteiger partial charge in [-0.3, -0.25) is 9.59 Å². The number of carbonyl (C=O) groups is 2. The molecule has 0 unspecified atom stereocenters. The predicted molar refractivity (Wildman–Crippen MR) is 125 cm³/mol. The molecule has 0 bridgehead atoms. The van der Waals surface area contributed by atoms with E-state index in [1.807, 2.05) is 0 Å². The summed E-state index contributed by atoms with van der Waals surface area (Å²) >= 11 is 12.1. The molecule has 0 radical (unpaired) electrons. The molecule has 0 aromatic heterocycles. The maximum absolute atomic E-state index is 13.6. The van der Waals surface area contributed by atoms with Crippen LogP contribution in [0.3, 0.4) is 0 Å². The minimum atomic E-state index is -0.528. The highest BCUT2D eigenvalue weighted by atomic mass is 35.5. The molecular weight excluding hydrogens is 451 g/mol. The lowest BCUT2D eigenvalue weighted by molar-refractivity contribution is -0.120. The largest absolute Gasteiger partial charge is 0.496 e. The number of benzene rings is 3. The van der Waals surface area contributed by atoms with Crippen molar-refractivity contribution in [1.82, 2.24) is 0 Å². The molecule has 0 aliphatic carbocycles. The van der Waals surface area contributed by atoms with E-state index in [2.05, 4.69) is 5.32 Å². The summed E-state index contributed by atoms with van der Waals surface area (Å²) in [4.78, 5) is 28.2. The Hall–Kier alpha value is -3.48. The number of para-hydroxylation sites is 1. The van der Waals surface area contributed by atoms with Gasteiger partial charge in [-0.25, -0.2) is 4.90 Å². The van der Waals surface area contributed by atoms with Gasteiger partial charge in [-0.15, -0.1) is 0 Å². The van der Waals surface area contributed by atoms with E-state index >= 15 is 0 Å². The number of hydrogen-bond acceptors (Lipinski definition) is 5. The number of rotatable bonds is 6. The first-order valence-electron chi connectivity index (χ1n) is 9.57. The van der Waals surface area contributed by atoms with Gasteiger partial charge >= 0.3 is 0 Å². The molecule has 4 rings (SSSR count). The standard InChI is InChI=1S/C24H18Cl2N2O4/c1-31-19-6-4-3-5-17(19)21-22(27-18-13-15(26)9-12-20(18)32-2)24(30)28(23(21)29)16-10-7-14(25)8-11-16/h3-13,27H,1-2H3. The number of nitrogens with zero attached hydrogens (tertiary/aromatic N) is 1. The molecule has 0 saturated heterocycles. The van der Waals surface area contributed by atoms with Gasteiger partial charge in [0.15, 0.2) is 0 Å². The first-order valence-corrected chi connectivity index (χ1v) is 10.3. The van der Waals surface area contributed by atoms with Crippen molar-refractivity contribution in [3.8, 4) is 11.5 Å². The van der Waals surface area contributed by atoms with Crippen molar-refractivity contribution in [2.24, 2.45) is 0 Å². The monoisotopic (exact) mass is 468 g/mol. The summed E-state index contributed by atoms with van der Waals surface area (Å²) in [5.74, 6) is -0.101. The fourth-order valence-corrected chi connectivity index (χ4v) is 3.78. The summed E-state index contributed by atoms with van der Waals surface area (Å²) in [6, 6.07) is 18.4. The molecule has 8 heteroatoms. The molecule has 0 saturated carbocycles. The van der Waals surface area contributed by atoms with Crippen molar-refractivity contribution in [1.29, 1.82) is 0 Å². The van der Waals surface area contributed by atoms with E-state index in [1.165, 1.54) is 14.2 Å². The van der Waals surface area contributed by atoms with Gasteiger partial charge in [0.1, 0.15) is 17.2 Å². The van der Waals surface area contributed by atoms with Crippen LogP contribution in [0, 0.1) is 0 Å². The predicted octanol–water partition coefficient (Wildman–Crippen LogP) is 5.41. The Kier molecular flexibility index (Phi) is 6.08. The van der Waals surface area contributed by atoms with Crippen molar-refractivity contribution in [2.45, 2.75) is 0 Å². The Morgan fingerprint density at radius 2 is 1.44 bits per heavy atom. The smallest absolute Gasteiger partial charge is 0.282 e. The zero-order chi connectivity index (χ0) is 22.8. The molecule has 6 nitrogen and oxygen atoms in total. The van der Waals surface area contributed by atoms with E-state index in [9.17, 15) is 9.59 Å². The average Bonchev–Trinajstić information content (AvgIpc) is 3.04. The van der Waals surface area contributed by atoms with Crippen LogP contribution >= 0.6 is 23.2 Å². The maximum atomic E-state index is 13.6. The first-order chi connectivity index (χ1) is 15.4. The minimum Gasteiger partial charge on any atom is -0.496 e. The fraction of sp³-hybridized carbons (Fsp3) is 0.0833. The maximum Gasteiger partial charge on any atom is 0.282 e. The Labute approximate surface area is 195 Å². The molecule has 3 aromatic rings. The second-order valence-corrected chi connectivity index (χ2v) is 7.71. The highest BCUT2D eigenvalue weighted by molar-refractivity contribution is 6.46. The number of halogens is 2. The van der Waals surface area contributed by atoms with Crippen LogP contribution in [-0.4, -0.2) is 26.0 Å². The fourth-order valence-electron chi connectivity index (χ4n) is 3.48. The number of carbonyl (C=O) groups excluding carboxylic acids is 2. The minimum absolute atomic E-state index is 0.0787. The summed E-state index contributed by atoms with van der Waals surface area (Å²) in [6.07, 6.45) is 0. The molecule has 162 valence electrons. The summed E-state index contributed by atoms with van der Waals surface area (Å²) in [7, 11) is 3.01. The Balaban J connectivity index is 1.89. The van der Waals surface area contributed by atoms with Gasteiger partial charge in [0.05, 0.1) is 31.2 Å². The number of nitrogens with one attached hydrogen (secondary N) is 1. The van der Waals surface area contributed by atoms with Gasteiger partial charge in [0.2, 0.25) is 0 Å². The van der Waals surface area contributed by atoms with Gasteiger partial charge < -0.3 is 14.8 Å². The van der Waals surface area contributed by atoms with Crippen LogP contribution < -0.4 is 19.7 Å². The topological polar surface area (TPSA) is 67.9 Å². The van der Waals surface area contributed by atoms with E-state index in [-0.39, 0.29) is 11.3 Å². The van der Waals surface area contributed by atoms with Crippen molar-refractivity contribution in [2.75, 3.05) is 24.4 Å². The summed E-state index contributed by atoms with van der Waals surface area (Å²) < 4.78 is 10.8. The summed E-state index contributed by atoms with van der Waals surface area (Å²) in [5, 5.41) is 4.01. The zero-order valence-electron chi connectivity index (χ0n) is 17.2. The second-order valence-electron chi connectivity index (χ2n) is 6.84. The zero-order valence-corrected chi connectivity index (χ0v) is 18.7. The molecule has 2 amide bonds. The molecule has 1 aliphatic heterocycles. The molecule has 1 heterocycles. The van der Waals surface area contributed by atoms with Crippen molar-refractivity contribution in [3.63, 3.8) is 0 Å². The van der Waals surface area contributed by atoms with Gasteiger partial charge in [-0.05, 0) is 48.5 Å². The molecule has 1 aliphatic rings. The average molecular weight is 469 g/mol. The van der Waals surface area contributed by atoms with E-state index < -0.39 is 11.8 Å². The van der Waals surface area contributed by atoms with Gasteiger partial charge in [0, 0.05) is 15.6 Å². The highest BCUT2D eigenvalue weighted by Crippen LogP contribution is 2.39. The van der Waals surface area contributed by atoms with Crippen LogP contribution in [0.4, 0.5) is 11.4 Å². The lowest BCUT2D eigenvalue weighted by Crippen LogP contribution is -2.32. The Morgan fingerprint density at radius 3 is 2.12 bits per heavy atom. The van der Waals surface area contributed by atoms with Crippen molar-refractivity contribution in [3.05, 3.63) is 88.0 Å². The van der Waals surface area contributed by atoms with Crippen LogP contribution in [0.25, 0.3) is 5.57 Å². The molecule has 1 N–H and O–H groups in total. The molecular formula is C24H18Cl2N2O4. The number of methoxy groups -OCH3 is 2. The van der Waals surface area contributed by atoms with Crippen molar-refractivity contribution >= 4 is 52.0 Å². The number of ether oxygens (including phenoxy) is 2. The number of hydrogen-bond donors (Lipinski definition) is 1. The van der Waals surface area contributed by atoms with E-state index in [0.717, 1.165) is 4.90 Å². The number of imide groups is 1. The lowest BCUT2D eigenvalue weighted by atomic mass is 10.0. The summed E-state index contributed by atoms with van der Waals surface area (Å²) in [5.41, 5.74) is 1.57. The Bertz CT molecular complexity index is 1240. The van der Waals surface area contributed by atoms with Crippen LogP contribution in [0.15, 0.2) is 72.4 Å². The number of amides is 2. The van der Waals surface area contributed by atoms with Gasteiger partial charge in [-0.1, -0.05) is 41.4 Å². The van der Waals surface area contributed by atoms with Crippen LogP contribution in [0.5, 0.6) is 11.5 Å². The Morgan fingerprint density at radius 1 is 0.781 bits per heavy atom. The molecule has 0 atom stereocenters. The second kappa shape index (κ2) is 8.94. The molecule has 32 heavy (non-hydrogen) atoms. The first kappa shape index (κ1) is 21.7. The highest BCUT2D eigenvalue weighted by Gasteiger charge is 2.41. The quantitative estimate of drug-likeness (QED) is 0.490. The molecule has 0 spiro atoms. The van der Waals surface area contributed by atoms with Crippen LogP contribution in [-0.2, 0) is 9.59 Å². The third-order valence-corrected chi connectivity index (χ3v) is 5.45. The third kappa shape index (κ3) is 3.90. The van der Waals surface area contributed by atoms with E-state index in [1.54, 1.807) is 66.7 Å². The molecule has 3 aromatic carbocycles. The van der Waals surface area contributed by atoms with Gasteiger partial charge in [0.25, 0.3) is 11.8 Å². The van der Waals surface area contributed by atoms with Gasteiger partial charge in [-0.2, -0.15) is 0 Å². The lowest BCUT2D eigenvalue weighted by Gasteiger charge is -2.16. The third-order valence-electron chi connectivity index (χ3n) is 4.97. The van der Waals surface area contributed by atoms with Crippen LogP contribution in [0.2, 0.25) is 10.0 Å². The molecule has 0 fully saturated rings. The van der Waals surface area contributed by atoms with Crippen LogP contribution in [0.1, 0.15) is 5.56 Å². The normalized spacial score (nSPS) is 13.6. The SMILES string of the molecule is COc1ccc(Cl)cc1NC1=C(c2ccccc2OC)C(=O)N(c2ccc(Cl)cc2)C1=O. The number of anilines is 2. The summed E-state index contributed by atoms with van der Waals surface area (Å²) in [6.45, 7) is 0.